The van der Waals surface area contributed by atoms with E-state index in [-0.39, 0.29) is 23.7 Å². The number of halogens is 1. The molecule has 1 amide bonds. The third-order valence-electron chi connectivity index (χ3n) is 2.51. The molecule has 0 atom stereocenters. The second kappa shape index (κ2) is 4.82. The van der Waals surface area contributed by atoms with Crippen LogP contribution in [0.1, 0.15) is 26.7 Å². The Morgan fingerprint density at radius 2 is 2.15 bits per heavy atom. The lowest BCUT2D eigenvalue weighted by Crippen LogP contribution is -2.32. The average Bonchev–Trinajstić information content (AvgIpc) is 2.26. The Morgan fingerprint density at radius 3 is 2.54 bits per heavy atom. The molecule has 1 aliphatic heterocycles. The number of nitrogens with zero attached hydrogens (tertiary/aromatic N) is 1. The fourth-order valence-electron chi connectivity index (χ4n) is 1.55. The van der Waals surface area contributed by atoms with E-state index in [4.69, 9.17) is 5.73 Å². The summed E-state index contributed by atoms with van der Waals surface area (Å²) in [4.78, 5) is 13.5. The van der Waals surface area contributed by atoms with E-state index >= 15 is 0 Å². The first-order chi connectivity index (χ1) is 5.58. The largest absolute Gasteiger partial charge is 0.342 e. The number of hydrogen-bond donors (Lipinski definition) is 1. The molecular formula is C9H19ClN2O. The number of carbonyl (C=O) groups is 1. The molecule has 0 saturated carbocycles. The van der Waals surface area contributed by atoms with E-state index in [0.29, 0.717) is 6.54 Å². The van der Waals surface area contributed by atoms with Crippen molar-refractivity contribution >= 4 is 18.3 Å². The van der Waals surface area contributed by atoms with Crippen LogP contribution in [0.4, 0.5) is 0 Å². The Hall–Kier alpha value is -0.280. The first-order valence-electron chi connectivity index (χ1n) is 4.57. The number of nitrogens with two attached hydrogens (primary N) is 1. The number of likely N-dealkylation sites (tertiary alicyclic amines) is 1. The molecule has 0 radical (unpaired) electrons. The lowest BCUT2D eigenvalue weighted by atomic mass is 9.92. The predicted octanol–water partition coefficient (Wildman–Crippen LogP) is 1.02. The van der Waals surface area contributed by atoms with Crippen molar-refractivity contribution in [2.45, 2.75) is 26.7 Å². The molecule has 13 heavy (non-hydrogen) atoms. The van der Waals surface area contributed by atoms with Gasteiger partial charge >= 0.3 is 0 Å². The summed E-state index contributed by atoms with van der Waals surface area (Å²) < 4.78 is 0. The van der Waals surface area contributed by atoms with Gasteiger partial charge in [-0.2, -0.15) is 0 Å². The van der Waals surface area contributed by atoms with Gasteiger partial charge in [0, 0.05) is 18.5 Å². The summed E-state index contributed by atoms with van der Waals surface area (Å²) in [7, 11) is 0. The van der Waals surface area contributed by atoms with E-state index in [1.54, 1.807) is 0 Å². The van der Waals surface area contributed by atoms with Crippen molar-refractivity contribution in [2.24, 2.45) is 11.1 Å². The van der Waals surface area contributed by atoms with Crippen LogP contribution >= 0.6 is 12.4 Å². The second-order valence-corrected chi connectivity index (χ2v) is 4.07. The fraction of sp³-hybridized carbons (Fsp3) is 0.889. The minimum atomic E-state index is -0.130. The van der Waals surface area contributed by atoms with Crippen LogP contribution < -0.4 is 5.73 Å². The highest BCUT2D eigenvalue weighted by atomic mass is 35.5. The molecule has 0 spiro atoms. The van der Waals surface area contributed by atoms with Gasteiger partial charge < -0.3 is 10.6 Å². The lowest BCUT2D eigenvalue weighted by Gasteiger charge is -2.18. The summed E-state index contributed by atoms with van der Waals surface area (Å²) in [6, 6.07) is 0. The number of rotatable bonds is 3. The Labute approximate surface area is 86.1 Å². The van der Waals surface area contributed by atoms with Crippen LogP contribution in [0.3, 0.4) is 0 Å². The second-order valence-electron chi connectivity index (χ2n) is 4.07. The molecule has 1 aliphatic rings. The zero-order valence-electron chi connectivity index (χ0n) is 8.38. The molecular weight excluding hydrogens is 188 g/mol. The highest BCUT2D eigenvalue weighted by molar-refractivity contribution is 5.85. The molecule has 0 aromatic rings. The predicted molar refractivity (Wildman–Crippen MR) is 55.9 cm³/mol. The topological polar surface area (TPSA) is 46.3 Å². The van der Waals surface area contributed by atoms with Crippen LogP contribution in [-0.4, -0.2) is 30.4 Å². The minimum Gasteiger partial charge on any atom is -0.342 e. The van der Waals surface area contributed by atoms with Crippen molar-refractivity contribution in [1.82, 2.24) is 4.90 Å². The van der Waals surface area contributed by atoms with Crippen molar-refractivity contribution in [3.05, 3.63) is 0 Å². The van der Waals surface area contributed by atoms with Gasteiger partial charge in [-0.1, -0.05) is 13.8 Å². The zero-order chi connectivity index (χ0) is 9.19. The van der Waals surface area contributed by atoms with Gasteiger partial charge in [0.1, 0.15) is 0 Å². The summed E-state index contributed by atoms with van der Waals surface area (Å²) >= 11 is 0. The third kappa shape index (κ3) is 2.85. The molecule has 1 heterocycles. The van der Waals surface area contributed by atoms with Crippen molar-refractivity contribution in [1.29, 1.82) is 0 Å². The van der Waals surface area contributed by atoms with Crippen molar-refractivity contribution in [3.63, 3.8) is 0 Å². The molecule has 78 valence electrons. The van der Waals surface area contributed by atoms with E-state index in [0.717, 1.165) is 25.9 Å². The van der Waals surface area contributed by atoms with Crippen LogP contribution in [0.15, 0.2) is 0 Å². The molecule has 1 fully saturated rings. The zero-order valence-corrected chi connectivity index (χ0v) is 9.19. The van der Waals surface area contributed by atoms with Gasteiger partial charge in [-0.3, -0.25) is 4.79 Å². The van der Waals surface area contributed by atoms with E-state index in [2.05, 4.69) is 0 Å². The molecule has 0 aliphatic carbocycles. The maximum atomic E-state index is 11.6. The number of amides is 1. The van der Waals surface area contributed by atoms with Gasteiger partial charge in [0.05, 0.1) is 0 Å². The maximum absolute atomic E-state index is 11.6. The molecule has 2 N–H and O–H groups in total. The Morgan fingerprint density at radius 1 is 1.54 bits per heavy atom. The number of carbonyl (C=O) groups excluding carboxylic acids is 1. The quantitative estimate of drug-likeness (QED) is 0.750. The molecule has 1 rings (SSSR count). The molecule has 1 saturated heterocycles. The Balaban J connectivity index is 0.00000144. The lowest BCUT2D eigenvalue weighted by molar-refractivity contribution is -0.134. The summed E-state index contributed by atoms with van der Waals surface area (Å²) in [6.45, 7) is 6.43. The monoisotopic (exact) mass is 206 g/mol. The molecule has 4 heteroatoms. The van der Waals surface area contributed by atoms with Crippen LogP contribution in [-0.2, 0) is 4.79 Å². The van der Waals surface area contributed by atoms with Gasteiger partial charge in [0.25, 0.3) is 0 Å². The minimum absolute atomic E-state index is 0. The fourth-order valence-corrected chi connectivity index (χ4v) is 1.55. The summed E-state index contributed by atoms with van der Waals surface area (Å²) in [5.41, 5.74) is 5.25. The Kier molecular flexibility index (Phi) is 4.71. The highest BCUT2D eigenvalue weighted by Crippen LogP contribution is 2.30. The molecule has 0 aromatic carbocycles. The smallest absolute Gasteiger partial charge is 0.228 e. The molecule has 0 unspecified atom stereocenters. The standard InChI is InChI=1S/C9H18N2O.ClH/c1-9(2)4-7-11(8(9)12)6-3-5-10;/h3-7,10H2,1-2H3;1H. The van der Waals surface area contributed by atoms with E-state index in [1.165, 1.54) is 0 Å². The first-order valence-corrected chi connectivity index (χ1v) is 4.57. The van der Waals surface area contributed by atoms with Crippen LogP contribution in [0, 0.1) is 5.41 Å². The van der Waals surface area contributed by atoms with Crippen molar-refractivity contribution < 1.29 is 4.79 Å². The van der Waals surface area contributed by atoms with E-state index in [1.807, 2.05) is 18.7 Å². The van der Waals surface area contributed by atoms with Gasteiger partial charge in [0.15, 0.2) is 0 Å². The van der Waals surface area contributed by atoms with Crippen molar-refractivity contribution in [3.8, 4) is 0 Å². The SMILES string of the molecule is CC1(C)CCN(CCCN)C1=O.Cl. The van der Waals surface area contributed by atoms with E-state index < -0.39 is 0 Å². The summed E-state index contributed by atoms with van der Waals surface area (Å²) in [5.74, 6) is 0.288. The summed E-state index contributed by atoms with van der Waals surface area (Å²) in [5, 5.41) is 0. The number of hydrogen-bond acceptors (Lipinski definition) is 2. The molecule has 0 bridgehead atoms. The normalized spacial score (nSPS) is 20.2. The maximum Gasteiger partial charge on any atom is 0.228 e. The Bertz CT molecular complexity index is 182. The highest BCUT2D eigenvalue weighted by Gasteiger charge is 2.37. The first kappa shape index (κ1) is 12.7. The van der Waals surface area contributed by atoms with Crippen LogP contribution in [0.25, 0.3) is 0 Å². The van der Waals surface area contributed by atoms with Crippen LogP contribution in [0.5, 0.6) is 0 Å². The average molecular weight is 207 g/mol. The van der Waals surface area contributed by atoms with Crippen LogP contribution in [0.2, 0.25) is 0 Å². The van der Waals surface area contributed by atoms with E-state index in [9.17, 15) is 4.79 Å². The van der Waals surface area contributed by atoms with Gasteiger partial charge in [-0.05, 0) is 19.4 Å². The van der Waals surface area contributed by atoms with Gasteiger partial charge in [-0.15, -0.1) is 12.4 Å². The molecule has 0 aromatic heterocycles. The van der Waals surface area contributed by atoms with Crippen molar-refractivity contribution in [2.75, 3.05) is 19.6 Å². The molecule has 3 nitrogen and oxygen atoms in total. The summed E-state index contributed by atoms with van der Waals surface area (Å²) in [6.07, 6.45) is 1.90. The third-order valence-corrected chi connectivity index (χ3v) is 2.51. The van der Waals surface area contributed by atoms with Gasteiger partial charge in [0.2, 0.25) is 5.91 Å². The van der Waals surface area contributed by atoms with Gasteiger partial charge in [-0.25, -0.2) is 0 Å².